The van der Waals surface area contributed by atoms with Gasteiger partial charge in [0, 0.05) is 0 Å². The number of rotatable bonds is 8. The third-order valence-corrected chi connectivity index (χ3v) is 7.61. The first-order valence-corrected chi connectivity index (χ1v) is 12.1. The molecule has 0 amide bonds. The topological polar surface area (TPSA) is 149 Å². The van der Waals surface area contributed by atoms with Crippen LogP contribution in [0.4, 0.5) is 0 Å². The van der Waals surface area contributed by atoms with Crippen LogP contribution in [0.5, 0.6) is 0 Å². The summed E-state index contributed by atoms with van der Waals surface area (Å²) < 4.78 is 0. The van der Waals surface area contributed by atoms with E-state index in [1.165, 1.54) is 0 Å². The summed E-state index contributed by atoms with van der Waals surface area (Å²) in [5.41, 5.74) is -2.30. The first-order valence-electron chi connectivity index (χ1n) is 12.1. The molecule has 0 bridgehead atoms. The van der Waals surface area contributed by atoms with Crippen LogP contribution in [0.15, 0.2) is 0 Å². The Balaban J connectivity index is 0.000000383. The summed E-state index contributed by atoms with van der Waals surface area (Å²) in [5, 5.41) is 37.4. The lowest BCUT2D eigenvalue weighted by Crippen LogP contribution is -2.59. The second kappa shape index (κ2) is 11.8. The van der Waals surface area contributed by atoms with Gasteiger partial charge in [-0.2, -0.15) is 0 Å². The number of hydrogen-bond donors (Lipinski definition) is 4. The zero-order valence-electron chi connectivity index (χ0n) is 20.7. The molecule has 0 saturated heterocycles. The Morgan fingerprint density at radius 3 is 1.52 bits per heavy atom. The van der Waals surface area contributed by atoms with Gasteiger partial charge in [-0.3, -0.25) is 19.2 Å². The molecule has 0 radical (unpaired) electrons. The molecule has 0 heterocycles. The van der Waals surface area contributed by atoms with Crippen molar-refractivity contribution >= 4 is 23.9 Å². The molecule has 5 unspecified atom stereocenters. The van der Waals surface area contributed by atoms with Crippen LogP contribution in [-0.2, 0) is 19.2 Å². The maximum absolute atomic E-state index is 12.3. The minimum absolute atomic E-state index is 0.110. The van der Waals surface area contributed by atoms with Crippen LogP contribution in [0.3, 0.4) is 0 Å². The third-order valence-electron chi connectivity index (χ3n) is 7.61. The Hall–Kier alpha value is -2.12. The van der Waals surface area contributed by atoms with Gasteiger partial charge in [-0.1, -0.05) is 53.9 Å². The standard InChI is InChI=1S/C17H30O4.C8H12O4/c1-11(2)9-16(14(18)19)8-6-7-13(5)17(16,15(20)21)10-12(3)4;9-7(10)5-3-1-2-4-6(5)8(11)12/h11-13H,6-10H2,1-5H3,(H,18,19)(H,20,21);5-6H,1-4H2,(H,9,10)(H,11,12). The highest BCUT2D eigenvalue weighted by molar-refractivity contribution is 5.87. The molecule has 0 aromatic carbocycles. The molecule has 0 aromatic rings. The summed E-state index contributed by atoms with van der Waals surface area (Å²) in [6.07, 6.45) is 5.62. The highest BCUT2D eigenvalue weighted by Gasteiger charge is 2.64. The van der Waals surface area contributed by atoms with Gasteiger partial charge in [-0.25, -0.2) is 0 Å². The van der Waals surface area contributed by atoms with E-state index in [4.69, 9.17) is 10.2 Å². The van der Waals surface area contributed by atoms with Gasteiger partial charge in [0.25, 0.3) is 0 Å². The number of carboxylic acid groups (broad SMARTS) is 4. The van der Waals surface area contributed by atoms with E-state index >= 15 is 0 Å². The summed E-state index contributed by atoms with van der Waals surface area (Å²) in [7, 11) is 0. The first kappa shape index (κ1) is 28.9. The summed E-state index contributed by atoms with van der Waals surface area (Å²) in [6.45, 7) is 9.84. The Kier molecular flexibility index (Phi) is 10.4. The highest BCUT2D eigenvalue weighted by atomic mass is 16.4. The average Bonchev–Trinajstić information content (AvgIpc) is 2.70. The third kappa shape index (κ3) is 6.27. The van der Waals surface area contributed by atoms with Crippen LogP contribution >= 0.6 is 0 Å². The second-order valence-electron chi connectivity index (χ2n) is 10.8. The summed E-state index contributed by atoms with van der Waals surface area (Å²) in [6, 6.07) is 0. The van der Waals surface area contributed by atoms with Gasteiger partial charge in [-0.05, 0) is 56.3 Å². The van der Waals surface area contributed by atoms with Crippen molar-refractivity contribution in [3.8, 4) is 0 Å². The van der Waals surface area contributed by atoms with E-state index in [-0.39, 0.29) is 17.8 Å². The lowest BCUT2D eigenvalue weighted by molar-refractivity contribution is -0.191. The molecule has 8 heteroatoms. The smallest absolute Gasteiger partial charge is 0.311 e. The molecular formula is C25H42O8. The van der Waals surface area contributed by atoms with E-state index in [0.717, 1.165) is 25.7 Å². The van der Waals surface area contributed by atoms with Crippen molar-refractivity contribution < 1.29 is 39.6 Å². The van der Waals surface area contributed by atoms with Crippen molar-refractivity contribution in [2.45, 2.75) is 92.4 Å². The molecular weight excluding hydrogens is 428 g/mol. The lowest BCUT2D eigenvalue weighted by atomic mass is 9.47. The molecule has 4 N–H and O–H groups in total. The van der Waals surface area contributed by atoms with Gasteiger partial charge < -0.3 is 20.4 Å². The molecule has 0 spiro atoms. The summed E-state index contributed by atoms with van der Waals surface area (Å²) in [5.74, 6) is -4.92. The molecule has 190 valence electrons. The SMILES string of the molecule is CC(C)CC1(C(=O)O)CCCC(C)C1(CC(C)C)C(=O)O.O=C(O)C1CCCCC1C(=O)O. The quantitative estimate of drug-likeness (QED) is 0.387. The van der Waals surface area contributed by atoms with E-state index in [1.54, 1.807) is 0 Å². The van der Waals surface area contributed by atoms with Gasteiger partial charge in [0.2, 0.25) is 0 Å². The average molecular weight is 471 g/mol. The van der Waals surface area contributed by atoms with Crippen molar-refractivity contribution in [3.63, 3.8) is 0 Å². The van der Waals surface area contributed by atoms with Crippen LogP contribution < -0.4 is 0 Å². The lowest BCUT2D eigenvalue weighted by Gasteiger charge is -2.53. The van der Waals surface area contributed by atoms with Crippen molar-refractivity contribution in [2.75, 3.05) is 0 Å². The van der Waals surface area contributed by atoms with Crippen LogP contribution in [0.1, 0.15) is 92.4 Å². The van der Waals surface area contributed by atoms with Gasteiger partial charge in [0.15, 0.2) is 0 Å². The Morgan fingerprint density at radius 1 is 0.727 bits per heavy atom. The molecule has 2 aliphatic carbocycles. The van der Waals surface area contributed by atoms with E-state index in [9.17, 15) is 29.4 Å². The minimum Gasteiger partial charge on any atom is -0.481 e. The molecule has 0 aromatic heterocycles. The zero-order valence-corrected chi connectivity index (χ0v) is 20.7. The Labute approximate surface area is 196 Å². The normalized spacial score (nSPS) is 32.0. The first-order chi connectivity index (χ1) is 15.2. The fourth-order valence-corrected chi connectivity index (χ4v) is 6.28. The van der Waals surface area contributed by atoms with Gasteiger partial charge in [0.1, 0.15) is 0 Å². The number of aliphatic carboxylic acids is 4. The van der Waals surface area contributed by atoms with Gasteiger partial charge in [0.05, 0.1) is 22.7 Å². The maximum Gasteiger partial charge on any atom is 0.311 e. The largest absolute Gasteiger partial charge is 0.481 e. The van der Waals surface area contributed by atoms with E-state index < -0.39 is 46.5 Å². The maximum atomic E-state index is 12.3. The molecule has 2 rings (SSSR count). The van der Waals surface area contributed by atoms with E-state index in [0.29, 0.717) is 32.1 Å². The predicted octanol–water partition coefficient (Wildman–Crippen LogP) is 5.00. The molecule has 5 atom stereocenters. The molecule has 2 saturated carbocycles. The van der Waals surface area contributed by atoms with Crippen molar-refractivity contribution in [3.05, 3.63) is 0 Å². The predicted molar refractivity (Wildman–Crippen MR) is 123 cm³/mol. The zero-order chi connectivity index (χ0) is 25.6. The second-order valence-corrected chi connectivity index (χ2v) is 10.8. The highest BCUT2D eigenvalue weighted by Crippen LogP contribution is 2.60. The number of carbonyl (C=O) groups is 4. The van der Waals surface area contributed by atoms with Gasteiger partial charge in [-0.15, -0.1) is 0 Å². The minimum atomic E-state index is -1.16. The van der Waals surface area contributed by atoms with E-state index in [2.05, 4.69) is 0 Å². The molecule has 2 fully saturated rings. The number of carboxylic acids is 4. The van der Waals surface area contributed by atoms with Crippen molar-refractivity contribution in [2.24, 2.45) is 40.4 Å². The van der Waals surface area contributed by atoms with Gasteiger partial charge >= 0.3 is 23.9 Å². The summed E-state index contributed by atoms with van der Waals surface area (Å²) >= 11 is 0. The summed E-state index contributed by atoms with van der Waals surface area (Å²) in [4.78, 5) is 45.7. The molecule has 0 aliphatic heterocycles. The number of hydrogen-bond acceptors (Lipinski definition) is 4. The monoisotopic (exact) mass is 470 g/mol. The van der Waals surface area contributed by atoms with Crippen LogP contribution in [0.2, 0.25) is 0 Å². The van der Waals surface area contributed by atoms with Crippen molar-refractivity contribution in [1.29, 1.82) is 0 Å². The fourth-order valence-electron chi connectivity index (χ4n) is 6.28. The van der Waals surface area contributed by atoms with Crippen LogP contribution in [0, 0.1) is 40.4 Å². The molecule has 2 aliphatic rings. The fraction of sp³-hybridized carbons (Fsp3) is 0.840. The molecule has 33 heavy (non-hydrogen) atoms. The Morgan fingerprint density at radius 2 is 1.18 bits per heavy atom. The molecule has 8 nitrogen and oxygen atoms in total. The Bertz CT molecular complexity index is 693. The van der Waals surface area contributed by atoms with E-state index in [1.807, 2.05) is 34.6 Å². The van der Waals surface area contributed by atoms with Crippen molar-refractivity contribution in [1.82, 2.24) is 0 Å². The van der Waals surface area contributed by atoms with Crippen LogP contribution in [0.25, 0.3) is 0 Å². The van der Waals surface area contributed by atoms with Crippen LogP contribution in [-0.4, -0.2) is 44.3 Å².